The van der Waals surface area contributed by atoms with Crippen LogP contribution >= 0.6 is 11.3 Å². The highest BCUT2D eigenvalue weighted by atomic mass is 32.1. The molecule has 0 aromatic carbocycles. The molecule has 0 unspecified atom stereocenters. The van der Waals surface area contributed by atoms with Crippen LogP contribution in [-0.2, 0) is 4.43 Å². The number of carbonyl (C=O) groups excluding carboxylic acids is 1. The Morgan fingerprint density at radius 3 is 2.97 bits per heavy atom. The Kier molecular flexibility index (Phi) is 5.89. The van der Waals surface area contributed by atoms with Crippen LogP contribution in [0.5, 0.6) is 5.75 Å². The summed E-state index contributed by atoms with van der Waals surface area (Å²) in [6, 6.07) is 2.51. The molecule has 0 bridgehead atoms. The number of methoxy groups -OCH3 is 1. The fraction of sp³-hybridized carbons (Fsp3) is 0.389. The number of hydrogen-bond acceptors (Lipinski definition) is 11. The lowest BCUT2D eigenvalue weighted by Gasteiger charge is -2.37. The van der Waals surface area contributed by atoms with Gasteiger partial charge < -0.3 is 24.2 Å². The first-order valence-electron chi connectivity index (χ1n) is 9.39. The van der Waals surface area contributed by atoms with Crippen molar-refractivity contribution in [2.45, 2.75) is 25.0 Å². The molecule has 2 saturated heterocycles. The highest BCUT2D eigenvalue weighted by molar-refractivity contribution is 7.18. The highest BCUT2D eigenvalue weighted by Crippen LogP contribution is 2.39. The quantitative estimate of drug-likeness (QED) is 0.481. The number of allylic oxidation sites excluding steroid dienone is 1. The monoisotopic (exact) mass is 460 g/mol. The summed E-state index contributed by atoms with van der Waals surface area (Å²) in [5.41, 5.74) is 5.58. The second-order valence-corrected chi connectivity index (χ2v) is 8.85. The van der Waals surface area contributed by atoms with Crippen LogP contribution in [0.3, 0.4) is 0 Å². The predicted molar refractivity (Wildman–Crippen MR) is 117 cm³/mol. The van der Waals surface area contributed by atoms with Gasteiger partial charge in [0.1, 0.15) is 0 Å². The normalized spacial score (nSPS) is 21.0. The average molecular weight is 461 g/mol. The van der Waals surface area contributed by atoms with Crippen molar-refractivity contribution in [2.24, 2.45) is 10.7 Å². The Morgan fingerprint density at radius 1 is 1.52 bits per heavy atom. The molecule has 1 spiro atoms. The van der Waals surface area contributed by atoms with Gasteiger partial charge in [-0.15, -0.1) is 10.2 Å². The maximum absolute atomic E-state index is 12.7. The van der Waals surface area contributed by atoms with Gasteiger partial charge in [-0.1, -0.05) is 11.3 Å². The van der Waals surface area contributed by atoms with Crippen molar-refractivity contribution in [1.29, 1.82) is 0 Å². The molecule has 2 aliphatic rings. The summed E-state index contributed by atoms with van der Waals surface area (Å²) < 4.78 is 16.2. The van der Waals surface area contributed by atoms with Crippen LogP contribution in [-0.4, -0.2) is 57.4 Å². The van der Waals surface area contributed by atoms with E-state index in [1.165, 1.54) is 19.4 Å². The van der Waals surface area contributed by atoms with E-state index >= 15 is 0 Å². The number of nitrogens with two attached hydrogens (primary N) is 1. The molecule has 2 aromatic heterocycles. The van der Waals surface area contributed by atoms with Crippen LogP contribution in [0, 0.1) is 0 Å². The van der Waals surface area contributed by atoms with Crippen LogP contribution in [0.15, 0.2) is 32.5 Å². The van der Waals surface area contributed by atoms with Crippen molar-refractivity contribution in [1.82, 2.24) is 10.2 Å². The summed E-state index contributed by atoms with van der Waals surface area (Å²) in [4.78, 5) is 31.4. The number of nitrogens with one attached hydrogen (secondary N) is 1. The van der Waals surface area contributed by atoms with Crippen molar-refractivity contribution in [2.75, 3.05) is 30.4 Å². The summed E-state index contributed by atoms with van der Waals surface area (Å²) in [5.74, 6) is -0.714. The van der Waals surface area contributed by atoms with Gasteiger partial charge in [0.15, 0.2) is 5.76 Å². The molecule has 31 heavy (non-hydrogen) atoms. The maximum atomic E-state index is 12.7. The lowest BCUT2D eigenvalue weighted by Crippen LogP contribution is -2.47. The number of rotatable bonds is 6. The Bertz CT molecular complexity index is 1110. The molecule has 2 aliphatic heterocycles. The Balaban J connectivity index is 1.55. The van der Waals surface area contributed by atoms with E-state index in [2.05, 4.69) is 20.5 Å². The fourth-order valence-electron chi connectivity index (χ4n) is 3.36. The number of nitrogens with zero attached hydrogens (tertiary/aromatic N) is 4. The molecule has 1 atom stereocenters. The lowest BCUT2D eigenvalue weighted by atomic mass is 10.1. The van der Waals surface area contributed by atoms with Crippen LogP contribution in [0.2, 0.25) is 6.04 Å². The Hall–Kier alpha value is -3.03. The van der Waals surface area contributed by atoms with Crippen molar-refractivity contribution < 1.29 is 18.4 Å². The van der Waals surface area contributed by atoms with Crippen LogP contribution in [0.25, 0.3) is 0 Å². The van der Waals surface area contributed by atoms with Crippen molar-refractivity contribution in [3.8, 4) is 5.75 Å². The molecular formula is C18H20N6O5SSi. The van der Waals surface area contributed by atoms with Crippen molar-refractivity contribution in [3.63, 3.8) is 0 Å². The molecule has 1 amide bonds. The summed E-state index contributed by atoms with van der Waals surface area (Å²) >= 11 is 1.07. The molecule has 2 aromatic rings. The predicted octanol–water partition coefficient (Wildman–Crippen LogP) is 1.33. The summed E-state index contributed by atoms with van der Waals surface area (Å²) in [6.45, 7) is 3.09. The maximum Gasteiger partial charge on any atom is 0.381 e. The van der Waals surface area contributed by atoms with Gasteiger partial charge in [0.05, 0.1) is 18.4 Å². The number of aromatic nitrogens is 2. The van der Waals surface area contributed by atoms with Gasteiger partial charge in [-0.3, -0.25) is 10.1 Å². The van der Waals surface area contributed by atoms with Gasteiger partial charge in [0.2, 0.25) is 25.8 Å². The minimum atomic E-state index is -0.728. The van der Waals surface area contributed by atoms with Gasteiger partial charge in [0.25, 0.3) is 5.91 Å². The molecule has 2 fully saturated rings. The van der Waals surface area contributed by atoms with Gasteiger partial charge in [0, 0.05) is 24.9 Å². The van der Waals surface area contributed by atoms with Crippen LogP contribution in [0.1, 0.15) is 23.9 Å². The molecule has 0 saturated carbocycles. The smallest absolute Gasteiger partial charge is 0.381 e. The molecule has 4 rings (SSSR count). The first-order chi connectivity index (χ1) is 14.9. The third kappa shape index (κ3) is 4.38. The second-order valence-electron chi connectivity index (χ2n) is 7.05. The standard InChI is InChI=1S/C18H20N6O5SSi/c1-10(3-5-19)20-16-22-23-17(30-16)21-14(25)12-7-11(13(27-2)15(26)28-12)24-6-4-18(8-24)9-31-29-18/h3,5,7H,4,6,8-9,19H2,1-2H3,(H,21,23,25)/b5-3-,20-10+/t18-/m1/s1. The zero-order valence-corrected chi connectivity index (χ0v) is 18.7. The highest BCUT2D eigenvalue weighted by Gasteiger charge is 2.45. The fourth-order valence-corrected chi connectivity index (χ4v) is 5.03. The van der Waals surface area contributed by atoms with E-state index in [0.717, 1.165) is 23.8 Å². The Labute approximate surface area is 183 Å². The van der Waals surface area contributed by atoms with E-state index in [-0.39, 0.29) is 22.2 Å². The van der Waals surface area contributed by atoms with E-state index in [9.17, 15) is 9.59 Å². The topological polar surface area (TPSA) is 145 Å². The third-order valence-electron chi connectivity index (χ3n) is 4.90. The van der Waals surface area contributed by atoms with Crippen LogP contribution < -0.4 is 26.3 Å². The number of carbonyl (C=O) groups is 1. The molecule has 13 heteroatoms. The Morgan fingerprint density at radius 2 is 2.32 bits per heavy atom. The van der Waals surface area contributed by atoms with Gasteiger partial charge in [-0.2, -0.15) is 0 Å². The van der Waals surface area contributed by atoms with E-state index in [1.807, 2.05) is 4.90 Å². The summed E-state index contributed by atoms with van der Waals surface area (Å²) in [7, 11) is 1.91. The summed E-state index contributed by atoms with van der Waals surface area (Å²) in [5, 5.41) is 10.9. The molecule has 0 aliphatic carbocycles. The SMILES string of the molecule is COc1c(N2CC[C@]3(C[Si]O3)C2)cc(C(=O)Nc2nnc(/N=C(C)/C=C\N)s2)oc1=O. The molecule has 11 nitrogen and oxygen atoms in total. The van der Waals surface area contributed by atoms with E-state index < -0.39 is 11.5 Å². The molecule has 4 heterocycles. The first-order valence-corrected chi connectivity index (χ1v) is 11.3. The zero-order valence-electron chi connectivity index (χ0n) is 16.9. The van der Waals surface area contributed by atoms with E-state index in [4.69, 9.17) is 19.3 Å². The number of aliphatic imine (C=N–C) groups is 1. The van der Waals surface area contributed by atoms with E-state index in [0.29, 0.717) is 39.4 Å². The minimum Gasteiger partial charge on any atom is -0.488 e. The van der Waals surface area contributed by atoms with E-state index in [1.54, 1.807) is 13.0 Å². The molecule has 2 radical (unpaired) electrons. The summed E-state index contributed by atoms with van der Waals surface area (Å²) in [6.07, 6.45) is 3.84. The van der Waals surface area contributed by atoms with Crippen LogP contribution in [0.4, 0.5) is 16.0 Å². The molecule has 162 valence electrons. The van der Waals surface area contributed by atoms with Crippen molar-refractivity contribution >= 4 is 48.7 Å². The number of hydrogen-bond donors (Lipinski definition) is 2. The first kappa shape index (κ1) is 21.2. The number of ether oxygens (including phenoxy) is 1. The average Bonchev–Trinajstić information content (AvgIpc) is 3.34. The van der Waals surface area contributed by atoms with Gasteiger partial charge in [-0.25, -0.2) is 9.79 Å². The van der Waals surface area contributed by atoms with Crippen molar-refractivity contribution in [3.05, 3.63) is 34.5 Å². The molecular weight excluding hydrogens is 440 g/mol. The van der Waals surface area contributed by atoms with Gasteiger partial charge >= 0.3 is 5.63 Å². The largest absolute Gasteiger partial charge is 0.488 e. The second kappa shape index (κ2) is 8.61. The molecule has 3 N–H and O–H groups in total. The third-order valence-corrected chi connectivity index (χ3v) is 7.00. The lowest BCUT2D eigenvalue weighted by molar-refractivity contribution is 0.0660. The zero-order chi connectivity index (χ0) is 22.0. The van der Waals surface area contributed by atoms with Gasteiger partial charge in [-0.05, 0) is 31.7 Å². The number of amides is 1. The minimum absolute atomic E-state index is 0.0614. The number of anilines is 2.